The van der Waals surface area contributed by atoms with Gasteiger partial charge in [-0.05, 0) is 12.1 Å². The zero-order valence-corrected chi connectivity index (χ0v) is 10.5. The van der Waals surface area contributed by atoms with Crippen LogP contribution in [0.4, 0.5) is 5.82 Å². The van der Waals surface area contributed by atoms with Crippen LogP contribution in [0.15, 0.2) is 23.2 Å². The second-order valence-corrected chi connectivity index (χ2v) is 5.46. The molecule has 2 N–H and O–H groups in total. The van der Waals surface area contributed by atoms with Crippen molar-refractivity contribution in [2.45, 2.75) is 11.3 Å². The van der Waals surface area contributed by atoms with Crippen LogP contribution in [0.1, 0.15) is 6.42 Å². The molecule has 0 spiro atoms. The third kappa shape index (κ3) is 4.03. The van der Waals surface area contributed by atoms with Gasteiger partial charge in [-0.2, -0.15) is 0 Å². The average Bonchev–Trinajstić information content (AvgIpc) is 2.28. The highest BCUT2D eigenvalue weighted by Gasteiger charge is 2.13. The molecule has 0 atom stereocenters. The zero-order valence-electron chi connectivity index (χ0n) is 9.73. The number of amides is 1. The largest absolute Gasteiger partial charge is 0.368 e. The van der Waals surface area contributed by atoms with Crippen molar-refractivity contribution in [2.75, 3.05) is 25.2 Å². The molecule has 0 aliphatic carbocycles. The zero-order chi connectivity index (χ0) is 12.9. The van der Waals surface area contributed by atoms with E-state index in [4.69, 9.17) is 0 Å². The Balaban J connectivity index is 2.75. The lowest BCUT2D eigenvalue weighted by Crippen LogP contribution is -2.21. The van der Waals surface area contributed by atoms with Gasteiger partial charge in [0.1, 0.15) is 10.7 Å². The monoisotopic (exact) mass is 257 g/mol. The smallest absolute Gasteiger partial charge is 0.221 e. The Hall–Kier alpha value is -1.63. The molecule has 0 aliphatic rings. The number of pyridine rings is 1. The normalized spacial score (nSPS) is 10.9. The van der Waals surface area contributed by atoms with E-state index in [0.29, 0.717) is 6.54 Å². The van der Waals surface area contributed by atoms with Gasteiger partial charge in [0.2, 0.25) is 5.91 Å². The second-order valence-electron chi connectivity index (χ2n) is 3.47. The molecule has 0 saturated carbocycles. The molecular formula is C10H15N3O3S. The lowest BCUT2D eigenvalue weighted by Gasteiger charge is -2.08. The maximum absolute atomic E-state index is 11.4. The van der Waals surface area contributed by atoms with Crippen molar-refractivity contribution in [3.63, 3.8) is 0 Å². The van der Waals surface area contributed by atoms with Crippen LogP contribution in [-0.4, -0.2) is 39.2 Å². The van der Waals surface area contributed by atoms with Gasteiger partial charge in [-0.1, -0.05) is 0 Å². The highest BCUT2D eigenvalue weighted by Crippen LogP contribution is 2.17. The first-order chi connectivity index (χ1) is 7.95. The van der Waals surface area contributed by atoms with Crippen molar-refractivity contribution in [1.82, 2.24) is 10.3 Å². The summed E-state index contributed by atoms with van der Waals surface area (Å²) in [6.07, 6.45) is 2.88. The molecule has 0 radical (unpaired) electrons. The fourth-order valence-electron chi connectivity index (χ4n) is 1.24. The molecule has 94 valence electrons. The van der Waals surface area contributed by atoms with Crippen molar-refractivity contribution >= 4 is 21.6 Å². The third-order valence-electron chi connectivity index (χ3n) is 2.09. The van der Waals surface area contributed by atoms with E-state index >= 15 is 0 Å². The number of sulfone groups is 1. The fourth-order valence-corrected chi connectivity index (χ4v) is 2.04. The number of nitrogens with zero attached hydrogens (tertiary/aromatic N) is 1. The van der Waals surface area contributed by atoms with E-state index in [0.717, 1.165) is 6.26 Å². The maximum atomic E-state index is 11.4. The Labute approximate surface area is 100 Å². The molecule has 0 aliphatic heterocycles. The highest BCUT2D eigenvalue weighted by atomic mass is 32.2. The maximum Gasteiger partial charge on any atom is 0.221 e. The molecule has 1 rings (SSSR count). The van der Waals surface area contributed by atoms with Gasteiger partial charge in [0.05, 0.1) is 0 Å². The Morgan fingerprint density at radius 1 is 1.47 bits per heavy atom. The summed E-state index contributed by atoms with van der Waals surface area (Å²) in [6, 6.07) is 3.03. The van der Waals surface area contributed by atoms with Crippen molar-refractivity contribution in [2.24, 2.45) is 0 Å². The number of nitrogens with one attached hydrogen (secondary N) is 2. The number of hydrogen-bond donors (Lipinski definition) is 2. The van der Waals surface area contributed by atoms with Gasteiger partial charge < -0.3 is 10.6 Å². The van der Waals surface area contributed by atoms with Crippen LogP contribution in [-0.2, 0) is 14.6 Å². The summed E-state index contributed by atoms with van der Waals surface area (Å²) in [6.45, 7) is 0.333. The van der Waals surface area contributed by atoms with Crippen LogP contribution < -0.4 is 10.6 Å². The fraction of sp³-hybridized carbons (Fsp3) is 0.400. The van der Waals surface area contributed by atoms with Crippen LogP contribution in [0.5, 0.6) is 0 Å². The van der Waals surface area contributed by atoms with Crippen molar-refractivity contribution in [3.8, 4) is 0 Å². The predicted molar refractivity (Wildman–Crippen MR) is 64.5 cm³/mol. The summed E-state index contributed by atoms with van der Waals surface area (Å²) >= 11 is 0. The summed E-state index contributed by atoms with van der Waals surface area (Å²) in [7, 11) is -1.77. The van der Waals surface area contributed by atoms with E-state index < -0.39 is 9.84 Å². The molecule has 1 aromatic rings. The van der Waals surface area contributed by atoms with E-state index in [1.807, 2.05) is 0 Å². The minimum Gasteiger partial charge on any atom is -0.368 e. The number of aromatic nitrogens is 1. The molecule has 7 heteroatoms. The van der Waals surface area contributed by atoms with Crippen LogP contribution in [0, 0.1) is 0 Å². The first-order valence-electron chi connectivity index (χ1n) is 5.04. The molecule has 1 amide bonds. The summed E-state index contributed by atoms with van der Waals surface area (Å²) in [5.41, 5.74) is 0. The van der Waals surface area contributed by atoms with Gasteiger partial charge in [-0.3, -0.25) is 4.79 Å². The summed E-state index contributed by atoms with van der Waals surface area (Å²) < 4.78 is 22.9. The molecule has 0 aromatic carbocycles. The first-order valence-corrected chi connectivity index (χ1v) is 6.94. The SMILES string of the molecule is CNC(=O)CCNc1ncccc1S(C)(=O)=O. The van der Waals surface area contributed by atoms with Gasteiger partial charge in [0.25, 0.3) is 0 Å². The number of rotatable bonds is 5. The molecule has 1 heterocycles. The van der Waals surface area contributed by atoms with Crippen LogP contribution >= 0.6 is 0 Å². The number of carbonyl (C=O) groups excluding carboxylic acids is 1. The lowest BCUT2D eigenvalue weighted by molar-refractivity contribution is -0.120. The third-order valence-corrected chi connectivity index (χ3v) is 3.22. The van der Waals surface area contributed by atoms with Crippen LogP contribution in [0.25, 0.3) is 0 Å². The van der Waals surface area contributed by atoms with Gasteiger partial charge in [-0.15, -0.1) is 0 Å². The minimum absolute atomic E-state index is 0.116. The van der Waals surface area contributed by atoms with Crippen molar-refractivity contribution in [1.29, 1.82) is 0 Å². The first kappa shape index (κ1) is 13.4. The predicted octanol–water partition coefficient (Wildman–Crippen LogP) is 0.0331. The van der Waals surface area contributed by atoms with Gasteiger partial charge >= 0.3 is 0 Å². The Bertz CT molecular complexity index is 499. The summed E-state index contributed by atoms with van der Waals surface area (Å²) in [5, 5.41) is 5.31. The highest BCUT2D eigenvalue weighted by molar-refractivity contribution is 7.90. The Kier molecular flexibility index (Phi) is 4.45. The van der Waals surface area contributed by atoms with Gasteiger partial charge in [0, 0.05) is 32.5 Å². The molecule has 0 bridgehead atoms. The molecule has 1 aromatic heterocycles. The van der Waals surface area contributed by atoms with Gasteiger partial charge in [-0.25, -0.2) is 13.4 Å². The molecule has 0 unspecified atom stereocenters. The molecule has 6 nitrogen and oxygen atoms in total. The average molecular weight is 257 g/mol. The van der Waals surface area contributed by atoms with Gasteiger partial charge in [0.15, 0.2) is 9.84 Å². The quantitative estimate of drug-likeness (QED) is 0.777. The summed E-state index contributed by atoms with van der Waals surface area (Å²) in [4.78, 5) is 15.1. The van der Waals surface area contributed by atoms with Crippen molar-refractivity contribution < 1.29 is 13.2 Å². The lowest BCUT2D eigenvalue weighted by atomic mass is 10.4. The molecular weight excluding hydrogens is 242 g/mol. The topological polar surface area (TPSA) is 88.2 Å². The van der Waals surface area contributed by atoms with Crippen LogP contribution in [0.3, 0.4) is 0 Å². The molecule has 0 saturated heterocycles. The van der Waals surface area contributed by atoms with E-state index in [2.05, 4.69) is 15.6 Å². The standard InChI is InChI=1S/C10H15N3O3S/c1-11-9(14)5-7-13-10-8(17(2,15)16)4-3-6-12-10/h3-4,6H,5,7H2,1-2H3,(H,11,14)(H,12,13). The van der Waals surface area contributed by atoms with E-state index in [-0.39, 0.29) is 23.0 Å². The number of carbonyl (C=O) groups is 1. The number of anilines is 1. The summed E-state index contributed by atoms with van der Waals surface area (Å²) in [5.74, 6) is 0.160. The number of hydrogen-bond acceptors (Lipinski definition) is 5. The second kappa shape index (κ2) is 5.62. The Morgan fingerprint density at radius 2 is 2.18 bits per heavy atom. The van der Waals surface area contributed by atoms with E-state index in [9.17, 15) is 13.2 Å². The van der Waals surface area contributed by atoms with Crippen LogP contribution in [0.2, 0.25) is 0 Å². The Morgan fingerprint density at radius 3 is 2.76 bits per heavy atom. The van der Waals surface area contributed by atoms with E-state index in [1.54, 1.807) is 13.1 Å². The van der Waals surface area contributed by atoms with Crippen molar-refractivity contribution in [3.05, 3.63) is 18.3 Å². The molecule has 17 heavy (non-hydrogen) atoms. The minimum atomic E-state index is -3.32. The van der Waals surface area contributed by atoms with E-state index in [1.165, 1.54) is 12.3 Å². The molecule has 0 fully saturated rings.